The number of aryl methyl sites for hydroxylation is 1. The van der Waals surface area contributed by atoms with E-state index in [0.29, 0.717) is 0 Å². The van der Waals surface area contributed by atoms with Crippen molar-refractivity contribution in [2.24, 2.45) is 0 Å². The third kappa shape index (κ3) is 2.20. The molecule has 0 amide bonds. The lowest BCUT2D eigenvalue weighted by atomic mass is 10.2. The molecule has 1 aromatic heterocycles. The van der Waals surface area contributed by atoms with Gasteiger partial charge in [-0.2, -0.15) is 0 Å². The Morgan fingerprint density at radius 1 is 0.833 bits per heavy atom. The topological polar surface area (TPSA) is 12.9 Å². The first-order valence-electron chi connectivity index (χ1n) is 5.91. The van der Waals surface area contributed by atoms with E-state index >= 15 is 0 Å². The first-order chi connectivity index (χ1) is 8.83. The maximum absolute atomic E-state index is 4.51. The van der Waals surface area contributed by atoms with Crippen LogP contribution in [0.2, 0.25) is 0 Å². The first-order valence-corrected chi connectivity index (χ1v) is 6.73. The van der Waals surface area contributed by atoms with Crippen LogP contribution in [-0.4, -0.2) is 4.98 Å². The highest BCUT2D eigenvalue weighted by atomic mass is 32.1. The second-order valence-corrected chi connectivity index (χ2v) is 5.29. The Balaban J connectivity index is 1.97. The Morgan fingerprint density at radius 2 is 1.56 bits per heavy atom. The molecule has 0 aliphatic carbocycles. The quantitative estimate of drug-likeness (QED) is 0.638. The van der Waals surface area contributed by atoms with Crippen LogP contribution in [0.5, 0.6) is 0 Å². The van der Waals surface area contributed by atoms with Gasteiger partial charge in [-0.1, -0.05) is 60.2 Å². The van der Waals surface area contributed by atoms with E-state index in [-0.39, 0.29) is 0 Å². The Hall–Kier alpha value is -1.93. The van der Waals surface area contributed by atoms with E-state index in [9.17, 15) is 0 Å². The number of nitrogens with zero attached hydrogens (tertiary/aromatic N) is 1. The fourth-order valence-electron chi connectivity index (χ4n) is 1.84. The molecule has 0 saturated carbocycles. The number of benzene rings is 2. The van der Waals surface area contributed by atoms with Gasteiger partial charge >= 0.3 is 0 Å². The number of rotatable bonds is 2. The molecule has 1 heterocycles. The number of thiazole rings is 1. The molecule has 2 aromatic carbocycles. The van der Waals surface area contributed by atoms with Crippen molar-refractivity contribution in [3.8, 4) is 21.0 Å². The zero-order chi connectivity index (χ0) is 12.4. The molecular formula is C16H13NS. The summed E-state index contributed by atoms with van der Waals surface area (Å²) in [4.78, 5) is 5.73. The van der Waals surface area contributed by atoms with E-state index < -0.39 is 0 Å². The highest BCUT2D eigenvalue weighted by Gasteiger charge is 2.05. The standard InChI is InChI=1S/C16H13NS/c1-12-7-9-14(10-8-12)16-17-11-15(18-16)13-5-3-2-4-6-13/h2-11H,1H3. The molecule has 0 spiro atoms. The lowest BCUT2D eigenvalue weighted by Gasteiger charge is -1.97. The predicted molar refractivity (Wildman–Crippen MR) is 77.7 cm³/mol. The molecule has 2 heteroatoms. The summed E-state index contributed by atoms with van der Waals surface area (Å²) in [7, 11) is 0. The van der Waals surface area contributed by atoms with Crippen molar-refractivity contribution in [1.82, 2.24) is 4.98 Å². The maximum Gasteiger partial charge on any atom is 0.123 e. The van der Waals surface area contributed by atoms with Gasteiger partial charge in [-0.25, -0.2) is 4.98 Å². The van der Waals surface area contributed by atoms with Crippen molar-refractivity contribution in [2.75, 3.05) is 0 Å². The summed E-state index contributed by atoms with van der Waals surface area (Å²) in [6, 6.07) is 18.9. The molecule has 88 valence electrons. The van der Waals surface area contributed by atoms with Gasteiger partial charge in [0.2, 0.25) is 0 Å². The van der Waals surface area contributed by atoms with Gasteiger partial charge in [-0.15, -0.1) is 11.3 Å². The predicted octanol–water partition coefficient (Wildman–Crippen LogP) is 4.79. The van der Waals surface area contributed by atoms with Crippen LogP contribution in [0.1, 0.15) is 5.56 Å². The second kappa shape index (κ2) is 4.75. The van der Waals surface area contributed by atoms with Crippen LogP contribution in [0.25, 0.3) is 21.0 Å². The molecule has 0 atom stereocenters. The van der Waals surface area contributed by atoms with Gasteiger partial charge < -0.3 is 0 Å². The third-order valence-corrected chi connectivity index (χ3v) is 3.96. The fraction of sp³-hybridized carbons (Fsp3) is 0.0625. The van der Waals surface area contributed by atoms with Crippen LogP contribution in [-0.2, 0) is 0 Å². The average Bonchev–Trinajstić information content (AvgIpc) is 2.90. The molecule has 1 nitrogen and oxygen atoms in total. The summed E-state index contributed by atoms with van der Waals surface area (Å²) in [5, 5.41) is 1.08. The van der Waals surface area contributed by atoms with Crippen molar-refractivity contribution in [3.05, 3.63) is 66.4 Å². The SMILES string of the molecule is Cc1ccc(-c2ncc(-c3ccccc3)s2)cc1. The van der Waals surface area contributed by atoms with Gasteiger partial charge in [-0.3, -0.25) is 0 Å². The van der Waals surface area contributed by atoms with E-state index in [1.54, 1.807) is 11.3 Å². The van der Waals surface area contributed by atoms with Crippen molar-refractivity contribution >= 4 is 11.3 Å². The molecular weight excluding hydrogens is 238 g/mol. The van der Waals surface area contributed by atoms with Crippen molar-refractivity contribution in [1.29, 1.82) is 0 Å². The summed E-state index contributed by atoms with van der Waals surface area (Å²) in [6.45, 7) is 2.10. The Labute approximate surface area is 111 Å². The second-order valence-electron chi connectivity index (χ2n) is 4.26. The molecule has 0 saturated heterocycles. The average molecular weight is 251 g/mol. The summed E-state index contributed by atoms with van der Waals surface area (Å²) in [5.41, 5.74) is 3.69. The minimum Gasteiger partial charge on any atom is -0.244 e. The minimum atomic E-state index is 1.08. The Bertz CT molecular complexity index is 638. The molecule has 3 rings (SSSR count). The summed E-state index contributed by atoms with van der Waals surface area (Å²) < 4.78 is 0. The summed E-state index contributed by atoms with van der Waals surface area (Å²) in [5.74, 6) is 0. The molecule has 0 aliphatic rings. The van der Waals surface area contributed by atoms with Crippen molar-refractivity contribution in [2.45, 2.75) is 6.92 Å². The fourth-order valence-corrected chi connectivity index (χ4v) is 2.77. The van der Waals surface area contributed by atoms with Gasteiger partial charge in [0.05, 0.1) is 4.88 Å². The first kappa shape index (κ1) is 11.2. The van der Waals surface area contributed by atoms with Gasteiger partial charge in [0, 0.05) is 11.8 Å². The van der Waals surface area contributed by atoms with Gasteiger partial charge in [-0.05, 0) is 12.5 Å². The highest BCUT2D eigenvalue weighted by molar-refractivity contribution is 7.18. The lowest BCUT2D eigenvalue weighted by Crippen LogP contribution is -1.75. The van der Waals surface area contributed by atoms with Gasteiger partial charge in [0.1, 0.15) is 5.01 Å². The monoisotopic (exact) mass is 251 g/mol. The van der Waals surface area contributed by atoms with E-state index in [2.05, 4.69) is 60.4 Å². The summed E-state index contributed by atoms with van der Waals surface area (Å²) in [6.07, 6.45) is 1.95. The maximum atomic E-state index is 4.51. The molecule has 0 aliphatic heterocycles. The Kier molecular flexibility index (Phi) is 2.95. The van der Waals surface area contributed by atoms with Crippen LogP contribution in [0.3, 0.4) is 0 Å². The smallest absolute Gasteiger partial charge is 0.123 e. The number of hydrogen-bond donors (Lipinski definition) is 0. The molecule has 3 aromatic rings. The molecule has 0 unspecified atom stereocenters. The zero-order valence-electron chi connectivity index (χ0n) is 10.1. The van der Waals surface area contributed by atoms with Gasteiger partial charge in [0.15, 0.2) is 0 Å². The molecule has 18 heavy (non-hydrogen) atoms. The van der Waals surface area contributed by atoms with E-state index in [4.69, 9.17) is 0 Å². The Morgan fingerprint density at radius 3 is 2.28 bits per heavy atom. The van der Waals surface area contributed by atoms with Crippen LogP contribution in [0, 0.1) is 6.92 Å². The van der Waals surface area contributed by atoms with Gasteiger partial charge in [0.25, 0.3) is 0 Å². The minimum absolute atomic E-state index is 1.08. The van der Waals surface area contributed by atoms with Crippen LogP contribution in [0.4, 0.5) is 0 Å². The normalized spacial score (nSPS) is 10.5. The van der Waals surface area contributed by atoms with E-state index in [0.717, 1.165) is 5.01 Å². The molecule has 0 radical (unpaired) electrons. The zero-order valence-corrected chi connectivity index (χ0v) is 10.9. The van der Waals surface area contributed by atoms with E-state index in [1.807, 2.05) is 12.3 Å². The summed E-state index contributed by atoms with van der Waals surface area (Å²) >= 11 is 1.73. The van der Waals surface area contributed by atoms with Crippen LogP contribution in [0.15, 0.2) is 60.8 Å². The number of hydrogen-bond acceptors (Lipinski definition) is 2. The van der Waals surface area contributed by atoms with Crippen LogP contribution < -0.4 is 0 Å². The van der Waals surface area contributed by atoms with Crippen molar-refractivity contribution < 1.29 is 0 Å². The molecule has 0 fully saturated rings. The molecule has 0 N–H and O–H groups in total. The number of aromatic nitrogens is 1. The third-order valence-electron chi connectivity index (χ3n) is 2.86. The molecule has 0 bridgehead atoms. The van der Waals surface area contributed by atoms with E-state index in [1.165, 1.54) is 21.6 Å². The highest BCUT2D eigenvalue weighted by Crippen LogP contribution is 2.31. The lowest BCUT2D eigenvalue weighted by molar-refractivity contribution is 1.40. The van der Waals surface area contributed by atoms with Crippen molar-refractivity contribution in [3.63, 3.8) is 0 Å². The largest absolute Gasteiger partial charge is 0.244 e. The van der Waals surface area contributed by atoms with Crippen LogP contribution >= 0.6 is 11.3 Å².